The number of aromatic amines is 1. The number of aromatic nitrogens is 2. The molecule has 1 amide bonds. The summed E-state index contributed by atoms with van der Waals surface area (Å²) in [6.07, 6.45) is 3.91. The highest BCUT2D eigenvalue weighted by atomic mass is 16.5. The van der Waals surface area contributed by atoms with Crippen LogP contribution in [-0.4, -0.2) is 35.6 Å². The normalized spacial score (nSPS) is 17.6. The molecule has 1 saturated heterocycles. The van der Waals surface area contributed by atoms with Gasteiger partial charge in [0, 0.05) is 37.4 Å². The van der Waals surface area contributed by atoms with Crippen LogP contribution in [0.1, 0.15) is 43.3 Å². The summed E-state index contributed by atoms with van der Waals surface area (Å²) in [4.78, 5) is 30.9. The topological polar surface area (TPSA) is 84.1 Å². The number of nitrogens with zero attached hydrogens (tertiary/aromatic N) is 1. The van der Waals surface area contributed by atoms with Crippen molar-refractivity contribution >= 4 is 5.91 Å². The highest BCUT2D eigenvalue weighted by Gasteiger charge is 2.15. The van der Waals surface area contributed by atoms with Gasteiger partial charge in [0.1, 0.15) is 5.82 Å². The highest BCUT2D eigenvalue weighted by Crippen LogP contribution is 2.17. The van der Waals surface area contributed by atoms with E-state index in [-0.39, 0.29) is 17.9 Å². The third-order valence-electron chi connectivity index (χ3n) is 4.08. The Morgan fingerprint density at radius 2 is 2.32 bits per heavy atom. The van der Waals surface area contributed by atoms with Gasteiger partial charge in [0.2, 0.25) is 5.91 Å². The first kappa shape index (κ1) is 16.7. The maximum Gasteiger partial charge on any atom is 0.254 e. The van der Waals surface area contributed by atoms with E-state index in [4.69, 9.17) is 4.74 Å². The van der Waals surface area contributed by atoms with Crippen LogP contribution in [0.3, 0.4) is 0 Å². The second kappa shape index (κ2) is 8.08. The first-order chi connectivity index (χ1) is 10.6. The lowest BCUT2D eigenvalue weighted by molar-refractivity contribution is -0.120. The van der Waals surface area contributed by atoms with Crippen LogP contribution in [0.15, 0.2) is 4.79 Å². The summed E-state index contributed by atoms with van der Waals surface area (Å²) in [7, 11) is 0. The van der Waals surface area contributed by atoms with Crippen molar-refractivity contribution in [2.24, 2.45) is 5.92 Å². The SMILES string of the molecule is CCc1nc(C)c(CC(=O)NCCC[C@@H]2CCOC2)c(=O)[nH]1. The van der Waals surface area contributed by atoms with Crippen molar-refractivity contribution in [1.82, 2.24) is 15.3 Å². The fourth-order valence-electron chi connectivity index (χ4n) is 2.70. The average molecular weight is 307 g/mol. The van der Waals surface area contributed by atoms with Gasteiger partial charge in [-0.3, -0.25) is 9.59 Å². The van der Waals surface area contributed by atoms with Crippen LogP contribution in [0.25, 0.3) is 0 Å². The molecule has 1 aromatic heterocycles. The van der Waals surface area contributed by atoms with Crippen LogP contribution < -0.4 is 10.9 Å². The molecule has 1 aromatic rings. The van der Waals surface area contributed by atoms with Crippen LogP contribution >= 0.6 is 0 Å². The molecule has 2 heterocycles. The van der Waals surface area contributed by atoms with Crippen LogP contribution in [0, 0.1) is 12.8 Å². The minimum atomic E-state index is -0.206. The molecule has 0 aromatic carbocycles. The van der Waals surface area contributed by atoms with Crippen LogP contribution in [0.4, 0.5) is 0 Å². The van der Waals surface area contributed by atoms with E-state index in [2.05, 4.69) is 15.3 Å². The molecule has 6 nitrogen and oxygen atoms in total. The zero-order chi connectivity index (χ0) is 15.9. The lowest BCUT2D eigenvalue weighted by atomic mass is 10.0. The first-order valence-corrected chi connectivity index (χ1v) is 8.03. The van der Waals surface area contributed by atoms with Gasteiger partial charge < -0.3 is 15.0 Å². The van der Waals surface area contributed by atoms with E-state index < -0.39 is 0 Å². The smallest absolute Gasteiger partial charge is 0.254 e. The van der Waals surface area contributed by atoms with Gasteiger partial charge in [0.15, 0.2) is 0 Å². The van der Waals surface area contributed by atoms with Gasteiger partial charge in [-0.2, -0.15) is 0 Å². The summed E-state index contributed by atoms with van der Waals surface area (Å²) in [6, 6.07) is 0. The van der Waals surface area contributed by atoms with Crippen molar-refractivity contribution in [3.63, 3.8) is 0 Å². The van der Waals surface area contributed by atoms with Gasteiger partial charge in [-0.05, 0) is 32.1 Å². The van der Waals surface area contributed by atoms with Crippen LogP contribution in [-0.2, 0) is 22.4 Å². The van der Waals surface area contributed by atoms with E-state index in [1.54, 1.807) is 6.92 Å². The Kier molecular flexibility index (Phi) is 6.12. The Morgan fingerprint density at radius 3 is 2.95 bits per heavy atom. The number of hydrogen-bond acceptors (Lipinski definition) is 4. The first-order valence-electron chi connectivity index (χ1n) is 8.03. The Labute approximate surface area is 130 Å². The predicted octanol–water partition coefficient (Wildman–Crippen LogP) is 1.12. The van der Waals surface area contributed by atoms with Crippen molar-refractivity contribution in [1.29, 1.82) is 0 Å². The second-order valence-corrected chi connectivity index (χ2v) is 5.83. The summed E-state index contributed by atoms with van der Waals surface area (Å²) in [5, 5.41) is 2.88. The van der Waals surface area contributed by atoms with Crippen LogP contribution in [0.5, 0.6) is 0 Å². The number of H-pyrrole nitrogens is 1. The van der Waals surface area contributed by atoms with E-state index in [9.17, 15) is 9.59 Å². The summed E-state index contributed by atoms with van der Waals surface area (Å²) in [5.41, 5.74) is 0.889. The number of aryl methyl sites for hydroxylation is 2. The Bertz CT molecular complexity index is 562. The predicted molar refractivity (Wildman–Crippen MR) is 83.8 cm³/mol. The zero-order valence-corrected chi connectivity index (χ0v) is 13.4. The maximum atomic E-state index is 12.0. The monoisotopic (exact) mass is 307 g/mol. The molecule has 1 aliphatic heterocycles. The molecule has 2 N–H and O–H groups in total. The van der Waals surface area contributed by atoms with E-state index >= 15 is 0 Å². The summed E-state index contributed by atoms with van der Waals surface area (Å²) in [6.45, 7) is 6.06. The molecule has 2 rings (SSSR count). The molecule has 0 saturated carbocycles. The zero-order valence-electron chi connectivity index (χ0n) is 13.4. The Hall–Kier alpha value is -1.69. The molecule has 0 aliphatic carbocycles. The quantitative estimate of drug-likeness (QED) is 0.739. The Morgan fingerprint density at radius 1 is 1.50 bits per heavy atom. The fraction of sp³-hybridized carbons (Fsp3) is 0.688. The maximum absolute atomic E-state index is 12.0. The summed E-state index contributed by atoms with van der Waals surface area (Å²) >= 11 is 0. The Balaban J connectivity index is 1.78. The number of carbonyl (C=O) groups excluding carboxylic acids is 1. The summed E-state index contributed by atoms with van der Waals surface area (Å²) in [5.74, 6) is 1.17. The number of hydrogen-bond donors (Lipinski definition) is 2. The van der Waals surface area contributed by atoms with Crippen molar-refractivity contribution in [3.8, 4) is 0 Å². The van der Waals surface area contributed by atoms with E-state index in [0.717, 1.165) is 32.5 Å². The fourth-order valence-corrected chi connectivity index (χ4v) is 2.70. The van der Waals surface area contributed by atoms with E-state index in [1.165, 1.54) is 0 Å². The van der Waals surface area contributed by atoms with Crippen molar-refractivity contribution in [2.45, 2.75) is 46.0 Å². The molecule has 0 unspecified atom stereocenters. The van der Waals surface area contributed by atoms with E-state index in [0.29, 0.717) is 36.0 Å². The van der Waals surface area contributed by atoms with E-state index in [1.807, 2.05) is 6.92 Å². The van der Waals surface area contributed by atoms with Crippen molar-refractivity contribution < 1.29 is 9.53 Å². The average Bonchev–Trinajstić information content (AvgIpc) is 3.00. The molecule has 122 valence electrons. The highest BCUT2D eigenvalue weighted by molar-refractivity contribution is 5.78. The van der Waals surface area contributed by atoms with Gasteiger partial charge in [0.25, 0.3) is 5.56 Å². The molecule has 0 radical (unpaired) electrons. The molecule has 1 atom stereocenters. The number of carbonyl (C=O) groups is 1. The number of rotatable bonds is 7. The van der Waals surface area contributed by atoms with Gasteiger partial charge in [-0.1, -0.05) is 6.92 Å². The molecular weight excluding hydrogens is 282 g/mol. The van der Waals surface area contributed by atoms with Crippen molar-refractivity contribution in [3.05, 3.63) is 27.4 Å². The van der Waals surface area contributed by atoms with Gasteiger partial charge in [-0.25, -0.2) is 4.98 Å². The lowest BCUT2D eigenvalue weighted by Gasteiger charge is -2.09. The third-order valence-corrected chi connectivity index (χ3v) is 4.08. The van der Waals surface area contributed by atoms with Gasteiger partial charge >= 0.3 is 0 Å². The minimum absolute atomic E-state index is 0.0880. The molecule has 0 spiro atoms. The molecule has 1 aliphatic rings. The number of amides is 1. The number of nitrogens with one attached hydrogen (secondary N) is 2. The van der Waals surface area contributed by atoms with Crippen LogP contribution in [0.2, 0.25) is 0 Å². The summed E-state index contributed by atoms with van der Waals surface area (Å²) < 4.78 is 5.33. The minimum Gasteiger partial charge on any atom is -0.381 e. The third kappa shape index (κ3) is 4.66. The molecular formula is C16H25N3O3. The standard InChI is InChI=1S/C16H25N3O3/c1-3-14-18-11(2)13(16(21)19-14)9-15(20)17-7-4-5-12-6-8-22-10-12/h12H,3-10H2,1-2H3,(H,17,20)(H,18,19,21)/t12-/m1/s1. The van der Waals surface area contributed by atoms with Gasteiger partial charge in [0.05, 0.1) is 6.42 Å². The lowest BCUT2D eigenvalue weighted by Crippen LogP contribution is -2.30. The molecule has 6 heteroatoms. The molecule has 1 fully saturated rings. The molecule has 22 heavy (non-hydrogen) atoms. The second-order valence-electron chi connectivity index (χ2n) is 5.83. The van der Waals surface area contributed by atoms with Crippen molar-refractivity contribution in [2.75, 3.05) is 19.8 Å². The van der Waals surface area contributed by atoms with Gasteiger partial charge in [-0.15, -0.1) is 0 Å². The molecule has 0 bridgehead atoms. The number of ether oxygens (including phenoxy) is 1. The largest absolute Gasteiger partial charge is 0.381 e.